The van der Waals surface area contributed by atoms with Gasteiger partial charge in [-0.25, -0.2) is 0 Å². The third kappa shape index (κ3) is 5.88. The van der Waals surface area contributed by atoms with Gasteiger partial charge in [0.25, 0.3) is 0 Å². The molecule has 2 aromatic carbocycles. The van der Waals surface area contributed by atoms with Crippen molar-refractivity contribution in [3.05, 3.63) is 58.6 Å². The Labute approximate surface area is 159 Å². The molecule has 0 heterocycles. The number of nitrogens with one attached hydrogen (secondary N) is 1. The van der Waals surface area contributed by atoms with E-state index in [9.17, 15) is 4.57 Å². The molecular formula is C20H27ClNO2P. The van der Waals surface area contributed by atoms with Crippen LogP contribution in [-0.2, 0) is 22.0 Å². The van der Waals surface area contributed by atoms with Crippen LogP contribution in [0.25, 0.3) is 0 Å². The minimum absolute atomic E-state index is 0.187. The van der Waals surface area contributed by atoms with E-state index in [1.165, 1.54) is 0 Å². The first-order chi connectivity index (χ1) is 12.6. The van der Waals surface area contributed by atoms with Crippen molar-refractivity contribution in [1.29, 1.82) is 0 Å². The normalized spacial score (nSPS) is 15.4. The van der Waals surface area contributed by atoms with E-state index in [-0.39, 0.29) is 5.92 Å². The SMILES string of the molecule is [2H]C([2H])(c1cc(Cl)ccc1NCc1ccc(P(C)(=O)OCC)cc1)C(C)C. The van der Waals surface area contributed by atoms with Crippen molar-refractivity contribution < 1.29 is 11.8 Å². The van der Waals surface area contributed by atoms with Crippen LogP contribution in [0.3, 0.4) is 0 Å². The molecule has 0 radical (unpaired) electrons. The minimum atomic E-state index is -2.77. The van der Waals surface area contributed by atoms with Crippen molar-refractivity contribution in [2.75, 3.05) is 18.6 Å². The summed E-state index contributed by atoms with van der Waals surface area (Å²) in [6.45, 7) is 8.08. The topological polar surface area (TPSA) is 38.3 Å². The Morgan fingerprint density at radius 3 is 2.52 bits per heavy atom. The molecule has 0 fully saturated rings. The first-order valence-corrected chi connectivity index (χ1v) is 10.9. The molecular weight excluding hydrogens is 353 g/mol. The van der Waals surface area contributed by atoms with Gasteiger partial charge in [-0.2, -0.15) is 0 Å². The largest absolute Gasteiger partial charge is 0.381 e. The highest BCUT2D eigenvalue weighted by Crippen LogP contribution is 2.40. The van der Waals surface area contributed by atoms with Gasteiger partial charge in [0.1, 0.15) is 0 Å². The number of hydrogen-bond acceptors (Lipinski definition) is 3. The Morgan fingerprint density at radius 2 is 1.92 bits per heavy atom. The van der Waals surface area contributed by atoms with E-state index in [0.29, 0.717) is 29.0 Å². The average molecular weight is 382 g/mol. The molecule has 1 N–H and O–H groups in total. The fraction of sp³-hybridized carbons (Fsp3) is 0.400. The minimum Gasteiger partial charge on any atom is -0.381 e. The molecule has 25 heavy (non-hydrogen) atoms. The van der Waals surface area contributed by atoms with E-state index in [0.717, 1.165) is 11.3 Å². The summed E-state index contributed by atoms with van der Waals surface area (Å²) in [4.78, 5) is 0. The third-order valence-corrected chi connectivity index (χ3v) is 5.91. The summed E-state index contributed by atoms with van der Waals surface area (Å²) < 4.78 is 34.6. The zero-order valence-electron chi connectivity index (χ0n) is 17.2. The van der Waals surface area contributed by atoms with Gasteiger partial charge in [0.05, 0.1) is 6.61 Å². The number of halogens is 1. The molecule has 0 bridgehead atoms. The van der Waals surface area contributed by atoms with Crippen LogP contribution in [0.1, 0.15) is 34.6 Å². The lowest BCUT2D eigenvalue weighted by Crippen LogP contribution is -2.08. The highest BCUT2D eigenvalue weighted by Gasteiger charge is 2.17. The highest BCUT2D eigenvalue weighted by molar-refractivity contribution is 7.66. The monoisotopic (exact) mass is 381 g/mol. The Morgan fingerprint density at radius 1 is 1.24 bits per heavy atom. The quantitative estimate of drug-likeness (QED) is 0.594. The molecule has 5 heteroatoms. The molecule has 1 atom stereocenters. The molecule has 0 spiro atoms. The molecule has 1 unspecified atom stereocenters. The predicted octanol–water partition coefficient (Wildman–Crippen LogP) is 5.72. The van der Waals surface area contributed by atoms with Crippen LogP contribution in [0.5, 0.6) is 0 Å². The Bertz CT molecular complexity index is 825. The first-order valence-electron chi connectivity index (χ1n) is 9.43. The molecule has 136 valence electrons. The summed E-state index contributed by atoms with van der Waals surface area (Å²) in [5.41, 5.74) is 2.27. The van der Waals surface area contributed by atoms with Gasteiger partial charge < -0.3 is 9.84 Å². The van der Waals surface area contributed by atoms with Crippen molar-refractivity contribution >= 4 is 30.0 Å². The van der Waals surface area contributed by atoms with E-state index < -0.39 is 13.7 Å². The van der Waals surface area contributed by atoms with Gasteiger partial charge in [0.2, 0.25) is 7.37 Å². The summed E-state index contributed by atoms with van der Waals surface area (Å²) in [6.07, 6.45) is -1.50. The Kier molecular flexibility index (Phi) is 6.10. The lowest BCUT2D eigenvalue weighted by Gasteiger charge is -2.15. The zero-order chi connectivity index (χ0) is 20.2. The smallest absolute Gasteiger partial charge is 0.229 e. The maximum absolute atomic E-state index is 12.5. The van der Waals surface area contributed by atoms with Gasteiger partial charge in [-0.1, -0.05) is 37.6 Å². The van der Waals surface area contributed by atoms with Gasteiger partial charge in [0.15, 0.2) is 0 Å². The Hall–Kier alpha value is -1.28. The summed E-state index contributed by atoms with van der Waals surface area (Å²) >= 11 is 6.10. The van der Waals surface area contributed by atoms with Gasteiger partial charge in [0, 0.05) is 32.0 Å². The molecule has 2 aromatic rings. The van der Waals surface area contributed by atoms with E-state index in [2.05, 4.69) is 5.32 Å². The standard InChI is InChI=1S/C20H27ClNO2P/c1-5-24-25(4,23)19-9-6-16(7-10-19)14-22-20-11-8-18(21)13-17(20)12-15(2)3/h6-11,13,15,22H,5,12,14H2,1-4H3/i12D2. The second-order valence-electron chi connectivity index (χ2n) is 6.27. The fourth-order valence-corrected chi connectivity index (χ4v) is 4.01. The second kappa shape index (κ2) is 8.89. The van der Waals surface area contributed by atoms with Crippen LogP contribution >= 0.6 is 19.0 Å². The van der Waals surface area contributed by atoms with E-state index in [1.807, 2.05) is 51.1 Å². The summed E-state index contributed by atoms with van der Waals surface area (Å²) in [7, 11) is -2.77. The predicted molar refractivity (Wildman–Crippen MR) is 109 cm³/mol. The fourth-order valence-electron chi connectivity index (χ4n) is 2.50. The number of hydrogen-bond donors (Lipinski definition) is 1. The molecule has 0 aliphatic heterocycles. The number of benzene rings is 2. The van der Waals surface area contributed by atoms with Crippen molar-refractivity contribution in [2.24, 2.45) is 5.92 Å². The van der Waals surface area contributed by atoms with Crippen LogP contribution in [-0.4, -0.2) is 13.3 Å². The van der Waals surface area contributed by atoms with E-state index in [4.69, 9.17) is 18.9 Å². The molecule has 0 amide bonds. The van der Waals surface area contributed by atoms with Crippen LogP contribution in [0.15, 0.2) is 42.5 Å². The molecule has 0 saturated heterocycles. The van der Waals surface area contributed by atoms with Gasteiger partial charge in [-0.3, -0.25) is 4.57 Å². The van der Waals surface area contributed by atoms with Crippen LogP contribution < -0.4 is 10.6 Å². The van der Waals surface area contributed by atoms with Crippen molar-refractivity contribution in [1.82, 2.24) is 0 Å². The van der Waals surface area contributed by atoms with Crippen LogP contribution in [0, 0.1) is 5.92 Å². The third-order valence-electron chi connectivity index (χ3n) is 3.69. The summed E-state index contributed by atoms with van der Waals surface area (Å²) in [5.74, 6) is -0.187. The molecule has 0 saturated carbocycles. The second-order valence-corrected chi connectivity index (χ2v) is 9.18. The zero-order valence-corrected chi connectivity index (χ0v) is 16.8. The van der Waals surface area contributed by atoms with Crippen LogP contribution in [0.2, 0.25) is 5.02 Å². The maximum Gasteiger partial charge on any atom is 0.229 e. The number of anilines is 1. The van der Waals surface area contributed by atoms with Gasteiger partial charge in [-0.05, 0) is 60.7 Å². The van der Waals surface area contributed by atoms with E-state index >= 15 is 0 Å². The maximum atomic E-state index is 12.5. The molecule has 3 nitrogen and oxygen atoms in total. The van der Waals surface area contributed by atoms with Crippen molar-refractivity contribution in [3.63, 3.8) is 0 Å². The molecule has 0 aromatic heterocycles. The average Bonchev–Trinajstić information content (AvgIpc) is 2.60. The van der Waals surface area contributed by atoms with Gasteiger partial charge >= 0.3 is 0 Å². The first kappa shape index (κ1) is 17.1. The van der Waals surface area contributed by atoms with Crippen LogP contribution in [0.4, 0.5) is 5.69 Å². The molecule has 0 aliphatic carbocycles. The molecule has 2 rings (SSSR count). The number of rotatable bonds is 8. The Balaban J connectivity index is 2.19. The van der Waals surface area contributed by atoms with E-state index in [1.54, 1.807) is 18.8 Å². The summed E-state index contributed by atoms with van der Waals surface area (Å²) in [6, 6.07) is 12.7. The van der Waals surface area contributed by atoms with Crippen molar-refractivity contribution in [3.8, 4) is 0 Å². The summed E-state index contributed by atoms with van der Waals surface area (Å²) in [5, 5.41) is 4.51. The lowest BCUT2D eigenvalue weighted by molar-refractivity contribution is 0.345. The van der Waals surface area contributed by atoms with Crippen molar-refractivity contribution in [2.45, 2.75) is 33.7 Å². The highest BCUT2D eigenvalue weighted by atomic mass is 35.5. The lowest BCUT2D eigenvalue weighted by atomic mass is 10.0. The van der Waals surface area contributed by atoms with Gasteiger partial charge in [-0.15, -0.1) is 0 Å². The molecule has 0 aliphatic rings.